The second kappa shape index (κ2) is 6.95. The third kappa shape index (κ3) is 3.50. The zero-order valence-corrected chi connectivity index (χ0v) is 15.2. The van der Waals surface area contributed by atoms with E-state index in [1.54, 1.807) is 0 Å². The van der Waals surface area contributed by atoms with Crippen molar-refractivity contribution >= 4 is 27.5 Å². The molecule has 0 aliphatic rings. The summed E-state index contributed by atoms with van der Waals surface area (Å²) in [5, 5.41) is 8.73. The zero-order valence-electron chi connectivity index (χ0n) is 12.9. The Morgan fingerprint density at radius 2 is 2.14 bits per heavy atom. The molecule has 0 bridgehead atoms. The summed E-state index contributed by atoms with van der Waals surface area (Å²) < 4.78 is 3.08. The number of rotatable bonds is 5. The second-order valence-corrected chi connectivity index (χ2v) is 6.46. The monoisotopic (exact) mass is 369 g/mol. The smallest absolute Gasteiger partial charge is 0.0766 e. The number of aromatic nitrogens is 2. The highest BCUT2D eigenvalue weighted by Gasteiger charge is 2.19. The predicted octanol–water partition coefficient (Wildman–Crippen LogP) is 4.21. The van der Waals surface area contributed by atoms with E-state index < -0.39 is 0 Å². The van der Waals surface area contributed by atoms with Gasteiger partial charge in [0.15, 0.2) is 0 Å². The maximum atomic E-state index is 6.16. The van der Waals surface area contributed by atoms with Gasteiger partial charge >= 0.3 is 0 Å². The van der Waals surface area contributed by atoms with Crippen LogP contribution in [0.3, 0.4) is 0 Å². The Bertz CT molecular complexity index is 637. The van der Waals surface area contributed by atoms with E-state index in [-0.39, 0.29) is 6.04 Å². The molecule has 21 heavy (non-hydrogen) atoms. The number of nitrogens with zero attached hydrogens (tertiary/aromatic N) is 2. The van der Waals surface area contributed by atoms with Crippen LogP contribution >= 0.6 is 27.5 Å². The first-order chi connectivity index (χ1) is 9.97. The first kappa shape index (κ1) is 16.5. The van der Waals surface area contributed by atoms with Crippen molar-refractivity contribution in [2.45, 2.75) is 32.7 Å². The van der Waals surface area contributed by atoms with Crippen LogP contribution in [0.5, 0.6) is 0 Å². The van der Waals surface area contributed by atoms with Crippen LogP contribution in [0.25, 0.3) is 0 Å². The Kier molecular flexibility index (Phi) is 5.47. The Hall–Kier alpha value is -0.840. The molecule has 0 aliphatic heterocycles. The van der Waals surface area contributed by atoms with Gasteiger partial charge < -0.3 is 5.32 Å². The van der Waals surface area contributed by atoms with Gasteiger partial charge in [0.25, 0.3) is 0 Å². The molecule has 1 N–H and O–H groups in total. The minimum Gasteiger partial charge on any atom is -0.313 e. The highest BCUT2D eigenvalue weighted by molar-refractivity contribution is 9.10. The molecule has 0 amide bonds. The lowest BCUT2D eigenvalue weighted by molar-refractivity contribution is 0.557. The lowest BCUT2D eigenvalue weighted by atomic mass is 9.97. The highest BCUT2D eigenvalue weighted by atomic mass is 79.9. The fourth-order valence-corrected chi connectivity index (χ4v) is 3.55. The average Bonchev–Trinajstić information content (AvgIpc) is 2.74. The molecule has 1 heterocycles. The number of nitrogens with one attached hydrogen (secondary N) is 1. The summed E-state index contributed by atoms with van der Waals surface area (Å²) in [6.45, 7) is 4.24. The van der Waals surface area contributed by atoms with E-state index in [1.807, 2.05) is 30.9 Å². The van der Waals surface area contributed by atoms with Gasteiger partial charge in [-0.1, -0.05) is 24.6 Å². The summed E-state index contributed by atoms with van der Waals surface area (Å²) in [6, 6.07) is 6.25. The van der Waals surface area contributed by atoms with Gasteiger partial charge in [0, 0.05) is 24.5 Å². The van der Waals surface area contributed by atoms with Gasteiger partial charge in [-0.15, -0.1) is 0 Å². The van der Waals surface area contributed by atoms with Gasteiger partial charge in [0.2, 0.25) is 0 Å². The van der Waals surface area contributed by atoms with E-state index in [0.29, 0.717) is 0 Å². The first-order valence-corrected chi connectivity index (χ1v) is 8.28. The SMILES string of the molecule is CCc1nn(C)c(CC(NC)c2cc(Cl)ccc2C)c1Br. The van der Waals surface area contributed by atoms with Gasteiger partial charge in [-0.25, -0.2) is 0 Å². The van der Waals surface area contributed by atoms with Crippen LogP contribution in [0.2, 0.25) is 5.02 Å². The fraction of sp³-hybridized carbons (Fsp3) is 0.438. The molecule has 1 atom stereocenters. The number of hydrogen-bond donors (Lipinski definition) is 1. The van der Waals surface area contributed by atoms with Gasteiger partial charge in [0.1, 0.15) is 0 Å². The van der Waals surface area contributed by atoms with Crippen LogP contribution in [0.4, 0.5) is 0 Å². The summed E-state index contributed by atoms with van der Waals surface area (Å²) in [4.78, 5) is 0. The largest absolute Gasteiger partial charge is 0.313 e. The van der Waals surface area contributed by atoms with Gasteiger partial charge in [0.05, 0.1) is 15.9 Å². The normalized spacial score (nSPS) is 12.7. The van der Waals surface area contributed by atoms with E-state index in [2.05, 4.69) is 46.3 Å². The molecule has 0 spiro atoms. The van der Waals surface area contributed by atoms with E-state index in [4.69, 9.17) is 11.6 Å². The minimum absolute atomic E-state index is 0.208. The summed E-state index contributed by atoms with van der Waals surface area (Å²) >= 11 is 9.84. The number of hydrogen-bond acceptors (Lipinski definition) is 2. The van der Waals surface area contributed by atoms with Crippen molar-refractivity contribution in [2.75, 3.05) is 7.05 Å². The predicted molar refractivity (Wildman–Crippen MR) is 92.0 cm³/mol. The van der Waals surface area contributed by atoms with Crippen molar-refractivity contribution in [3.63, 3.8) is 0 Å². The highest BCUT2D eigenvalue weighted by Crippen LogP contribution is 2.29. The van der Waals surface area contributed by atoms with Gasteiger partial charge in [-0.3, -0.25) is 4.68 Å². The molecule has 1 aromatic heterocycles. The molecular weight excluding hydrogens is 350 g/mol. The van der Waals surface area contributed by atoms with Crippen molar-refractivity contribution in [3.05, 3.63) is 50.2 Å². The quantitative estimate of drug-likeness (QED) is 0.854. The minimum atomic E-state index is 0.208. The van der Waals surface area contributed by atoms with E-state index >= 15 is 0 Å². The van der Waals surface area contributed by atoms with Crippen LogP contribution in [0.1, 0.15) is 35.5 Å². The summed E-state index contributed by atoms with van der Waals surface area (Å²) in [5.74, 6) is 0. The molecule has 0 fully saturated rings. The summed E-state index contributed by atoms with van der Waals surface area (Å²) in [7, 11) is 3.98. The molecule has 5 heteroatoms. The molecule has 2 aromatic rings. The number of halogens is 2. The Morgan fingerprint density at radius 1 is 1.43 bits per heavy atom. The molecule has 2 rings (SSSR count). The van der Waals surface area contributed by atoms with Crippen molar-refractivity contribution in [3.8, 4) is 0 Å². The van der Waals surface area contributed by atoms with Crippen LogP contribution in [-0.2, 0) is 19.9 Å². The fourth-order valence-electron chi connectivity index (χ4n) is 2.59. The van der Waals surface area contributed by atoms with E-state index in [1.165, 1.54) is 16.8 Å². The Morgan fingerprint density at radius 3 is 2.71 bits per heavy atom. The van der Waals surface area contributed by atoms with Crippen molar-refractivity contribution < 1.29 is 0 Å². The van der Waals surface area contributed by atoms with Gasteiger partial charge in [-0.2, -0.15) is 5.10 Å². The lowest BCUT2D eigenvalue weighted by Crippen LogP contribution is -2.21. The van der Waals surface area contributed by atoms with Crippen LogP contribution < -0.4 is 5.32 Å². The molecule has 0 saturated carbocycles. The van der Waals surface area contributed by atoms with Crippen molar-refractivity contribution in [1.29, 1.82) is 0 Å². The first-order valence-electron chi connectivity index (χ1n) is 7.11. The molecule has 0 aliphatic carbocycles. The molecule has 0 saturated heterocycles. The van der Waals surface area contributed by atoms with Crippen LogP contribution in [0, 0.1) is 6.92 Å². The molecule has 0 radical (unpaired) electrons. The van der Waals surface area contributed by atoms with Crippen molar-refractivity contribution in [2.24, 2.45) is 7.05 Å². The van der Waals surface area contributed by atoms with E-state index in [9.17, 15) is 0 Å². The Labute approximate surface area is 139 Å². The molecule has 1 aromatic carbocycles. The van der Waals surface area contributed by atoms with Crippen molar-refractivity contribution in [1.82, 2.24) is 15.1 Å². The number of aryl methyl sites for hydroxylation is 3. The molecular formula is C16H21BrClN3. The number of benzene rings is 1. The molecule has 3 nitrogen and oxygen atoms in total. The third-order valence-electron chi connectivity index (χ3n) is 3.87. The second-order valence-electron chi connectivity index (χ2n) is 5.23. The standard InChI is InChI=1S/C16H21BrClN3/c1-5-13-16(17)15(21(4)20-13)9-14(19-3)12-8-11(18)7-6-10(12)2/h6-8,14,19H,5,9H2,1-4H3. The summed E-state index contributed by atoms with van der Waals surface area (Å²) in [6.07, 6.45) is 1.79. The topological polar surface area (TPSA) is 29.9 Å². The molecule has 114 valence electrons. The van der Waals surface area contributed by atoms with Crippen LogP contribution in [0.15, 0.2) is 22.7 Å². The Balaban J connectivity index is 2.36. The maximum absolute atomic E-state index is 6.16. The maximum Gasteiger partial charge on any atom is 0.0766 e. The van der Waals surface area contributed by atoms with Crippen LogP contribution in [-0.4, -0.2) is 16.8 Å². The molecule has 1 unspecified atom stereocenters. The lowest BCUT2D eigenvalue weighted by Gasteiger charge is -2.19. The average molecular weight is 371 g/mol. The number of likely N-dealkylation sites (N-methyl/N-ethyl adjacent to an activating group) is 1. The summed E-state index contributed by atoms with van der Waals surface area (Å²) in [5.41, 5.74) is 4.78. The zero-order chi connectivity index (χ0) is 15.6. The third-order valence-corrected chi connectivity index (χ3v) is 5.02. The van der Waals surface area contributed by atoms with E-state index in [0.717, 1.165) is 28.0 Å². The van der Waals surface area contributed by atoms with Gasteiger partial charge in [-0.05, 0) is 59.6 Å².